The lowest BCUT2D eigenvalue weighted by Crippen LogP contribution is -2.06. The molecule has 0 aliphatic heterocycles. The van der Waals surface area contributed by atoms with Gasteiger partial charge < -0.3 is 0 Å². The highest BCUT2D eigenvalue weighted by atomic mass is 35.5. The van der Waals surface area contributed by atoms with E-state index in [0.717, 1.165) is 39.7 Å². The highest BCUT2D eigenvalue weighted by Crippen LogP contribution is 2.35. The third-order valence-corrected chi connectivity index (χ3v) is 5.89. The van der Waals surface area contributed by atoms with Crippen LogP contribution in [-0.2, 0) is 0 Å². The first kappa shape index (κ1) is 23.9. The van der Waals surface area contributed by atoms with Gasteiger partial charge in [-0.05, 0) is 67.5 Å². The molecule has 0 spiro atoms. The van der Waals surface area contributed by atoms with Crippen molar-refractivity contribution in [2.24, 2.45) is 9.98 Å². The zero-order valence-corrected chi connectivity index (χ0v) is 20.8. The lowest BCUT2D eigenvalue weighted by molar-refractivity contribution is 0.834. The van der Waals surface area contributed by atoms with Crippen LogP contribution < -0.4 is 0 Å². The Hall–Kier alpha value is -2.78. The molecule has 2 aromatic carbocycles. The van der Waals surface area contributed by atoms with Gasteiger partial charge in [0.2, 0.25) is 0 Å². The second kappa shape index (κ2) is 10.2. The summed E-state index contributed by atoms with van der Waals surface area (Å²) in [4.78, 5) is 14.7. The van der Waals surface area contributed by atoms with Crippen LogP contribution in [0.2, 0.25) is 5.02 Å². The molecule has 4 heteroatoms. The number of rotatable bonds is 6. The Kier molecular flexibility index (Phi) is 7.63. The van der Waals surface area contributed by atoms with Gasteiger partial charge in [0.25, 0.3) is 0 Å². The van der Waals surface area contributed by atoms with Crippen molar-refractivity contribution in [3.05, 3.63) is 87.7 Å². The number of aryl methyl sites for hydroxylation is 1. The number of hydrogen-bond acceptors (Lipinski definition) is 3. The van der Waals surface area contributed by atoms with Crippen molar-refractivity contribution in [1.29, 1.82) is 0 Å². The summed E-state index contributed by atoms with van der Waals surface area (Å²) in [6.45, 7) is 14.8. The molecule has 0 aliphatic carbocycles. The van der Waals surface area contributed by atoms with Crippen LogP contribution in [0.4, 0.5) is 11.4 Å². The number of aliphatic imine (C=N–C) groups is 2. The monoisotopic (exact) mass is 445 g/mol. The van der Waals surface area contributed by atoms with Crippen LogP contribution in [0.25, 0.3) is 0 Å². The lowest BCUT2D eigenvalue weighted by atomic mass is 9.93. The number of hydrogen-bond donors (Lipinski definition) is 0. The van der Waals surface area contributed by atoms with E-state index in [9.17, 15) is 0 Å². The lowest BCUT2D eigenvalue weighted by Gasteiger charge is -2.17. The fourth-order valence-corrected chi connectivity index (χ4v) is 3.96. The molecule has 0 bridgehead atoms. The van der Waals surface area contributed by atoms with Crippen LogP contribution in [0.15, 0.2) is 64.6 Å². The van der Waals surface area contributed by atoms with Crippen LogP contribution in [0.1, 0.15) is 81.5 Å². The Morgan fingerprint density at radius 1 is 0.719 bits per heavy atom. The summed E-state index contributed by atoms with van der Waals surface area (Å²) in [5.74, 6) is 0.792. The third-order valence-electron chi connectivity index (χ3n) is 5.58. The van der Waals surface area contributed by atoms with Crippen molar-refractivity contribution >= 4 is 34.4 Å². The molecule has 1 aromatic heterocycles. The van der Waals surface area contributed by atoms with Crippen LogP contribution in [0.5, 0.6) is 0 Å². The van der Waals surface area contributed by atoms with E-state index in [4.69, 9.17) is 26.6 Å². The minimum Gasteiger partial charge on any atom is -0.251 e. The van der Waals surface area contributed by atoms with Gasteiger partial charge in [0, 0.05) is 0 Å². The Bertz CT molecular complexity index is 1130. The van der Waals surface area contributed by atoms with Gasteiger partial charge in [-0.15, -0.1) is 0 Å². The Morgan fingerprint density at radius 2 is 1.19 bits per heavy atom. The van der Waals surface area contributed by atoms with Crippen molar-refractivity contribution < 1.29 is 0 Å². The molecule has 0 saturated heterocycles. The number of aromatic nitrogens is 1. The van der Waals surface area contributed by atoms with E-state index < -0.39 is 0 Å². The molecule has 32 heavy (non-hydrogen) atoms. The average molecular weight is 446 g/mol. The predicted octanol–water partition coefficient (Wildman–Crippen LogP) is 8.57. The number of pyridine rings is 1. The fraction of sp³-hybridized carbons (Fsp3) is 0.321. The highest BCUT2D eigenvalue weighted by molar-refractivity contribution is 6.33. The fourth-order valence-electron chi connectivity index (χ4n) is 3.69. The van der Waals surface area contributed by atoms with Crippen LogP contribution in [-0.4, -0.2) is 16.4 Å². The van der Waals surface area contributed by atoms with E-state index in [2.05, 4.69) is 45.9 Å². The predicted molar refractivity (Wildman–Crippen MR) is 139 cm³/mol. The van der Waals surface area contributed by atoms with Gasteiger partial charge in [-0.2, -0.15) is 0 Å². The molecule has 0 radical (unpaired) electrons. The number of benzene rings is 2. The van der Waals surface area contributed by atoms with Crippen molar-refractivity contribution in [3.8, 4) is 0 Å². The van der Waals surface area contributed by atoms with Crippen LogP contribution >= 0.6 is 11.6 Å². The molecule has 166 valence electrons. The quantitative estimate of drug-likeness (QED) is 0.350. The second-order valence-corrected chi connectivity index (χ2v) is 9.21. The molecule has 3 aromatic rings. The normalized spacial score (nSPS) is 12.7. The summed E-state index contributed by atoms with van der Waals surface area (Å²) in [6, 6.07) is 18.3. The highest BCUT2D eigenvalue weighted by Gasteiger charge is 2.14. The first-order valence-corrected chi connectivity index (χ1v) is 11.5. The van der Waals surface area contributed by atoms with Crippen molar-refractivity contribution in [1.82, 2.24) is 4.98 Å². The van der Waals surface area contributed by atoms with Gasteiger partial charge in [-0.1, -0.05) is 75.7 Å². The summed E-state index contributed by atoms with van der Waals surface area (Å²) >= 11 is 6.37. The summed E-state index contributed by atoms with van der Waals surface area (Å²) in [7, 11) is 0. The zero-order valence-electron chi connectivity index (χ0n) is 20.1. The topological polar surface area (TPSA) is 37.6 Å². The molecule has 0 amide bonds. The molecule has 0 saturated carbocycles. The SMILES string of the molecule is C/C(=N\c1c(C)cccc1Cl)c1cccc(/C(C)=N/c2c(C(C)C)cccc2C(C)C)n1. The first-order valence-electron chi connectivity index (χ1n) is 11.1. The van der Waals surface area contributed by atoms with Crippen molar-refractivity contribution in [2.45, 2.75) is 60.3 Å². The Balaban J connectivity index is 2.04. The van der Waals surface area contributed by atoms with Gasteiger partial charge in [0.15, 0.2) is 0 Å². The summed E-state index contributed by atoms with van der Waals surface area (Å²) in [5, 5.41) is 0.643. The second-order valence-electron chi connectivity index (χ2n) is 8.80. The molecule has 0 fully saturated rings. The van der Waals surface area contributed by atoms with Gasteiger partial charge in [-0.25, -0.2) is 9.98 Å². The smallest absolute Gasteiger partial charge is 0.0849 e. The number of para-hydroxylation sites is 2. The molecular weight excluding hydrogens is 414 g/mol. The van der Waals surface area contributed by atoms with Gasteiger partial charge in [-0.3, -0.25) is 4.99 Å². The minimum absolute atomic E-state index is 0.396. The standard InChI is InChI=1S/C28H32ClN3/c1-17(2)22-12-9-13-23(18(3)4)28(22)31-21(7)26-16-10-15-25(32-26)20(6)30-27-19(5)11-8-14-24(27)29/h8-18H,1-7H3/b30-20+,31-21+. The molecule has 0 N–H and O–H groups in total. The van der Waals surface area contributed by atoms with Gasteiger partial charge in [0.05, 0.1) is 39.2 Å². The molecule has 1 heterocycles. The number of halogens is 1. The Labute approximate surface area is 197 Å². The zero-order chi connectivity index (χ0) is 23.4. The molecule has 0 unspecified atom stereocenters. The van der Waals surface area contributed by atoms with E-state index >= 15 is 0 Å². The Morgan fingerprint density at radius 3 is 1.69 bits per heavy atom. The van der Waals surface area contributed by atoms with Crippen molar-refractivity contribution in [3.63, 3.8) is 0 Å². The van der Waals surface area contributed by atoms with Gasteiger partial charge >= 0.3 is 0 Å². The maximum Gasteiger partial charge on any atom is 0.0849 e. The summed E-state index contributed by atoms with van der Waals surface area (Å²) in [5.41, 5.74) is 8.80. The van der Waals surface area contributed by atoms with E-state index in [1.807, 2.05) is 57.2 Å². The molecule has 3 nitrogen and oxygen atoms in total. The summed E-state index contributed by atoms with van der Waals surface area (Å²) in [6.07, 6.45) is 0. The molecular formula is C28H32ClN3. The molecule has 0 aliphatic rings. The maximum absolute atomic E-state index is 6.37. The van der Waals surface area contributed by atoms with E-state index in [1.54, 1.807) is 0 Å². The maximum atomic E-state index is 6.37. The van der Waals surface area contributed by atoms with E-state index in [-0.39, 0.29) is 0 Å². The van der Waals surface area contributed by atoms with E-state index in [0.29, 0.717) is 16.9 Å². The molecule has 3 rings (SSSR count). The van der Waals surface area contributed by atoms with Gasteiger partial charge in [0.1, 0.15) is 0 Å². The van der Waals surface area contributed by atoms with E-state index in [1.165, 1.54) is 11.1 Å². The largest absolute Gasteiger partial charge is 0.251 e. The summed E-state index contributed by atoms with van der Waals surface area (Å²) < 4.78 is 0. The number of nitrogens with zero attached hydrogens (tertiary/aromatic N) is 3. The van der Waals surface area contributed by atoms with Crippen molar-refractivity contribution in [2.75, 3.05) is 0 Å². The minimum atomic E-state index is 0.396. The molecule has 0 atom stereocenters. The third kappa shape index (κ3) is 5.34. The van der Waals surface area contributed by atoms with Crippen LogP contribution in [0, 0.1) is 6.92 Å². The van der Waals surface area contributed by atoms with Crippen LogP contribution in [0.3, 0.4) is 0 Å². The average Bonchev–Trinajstić information content (AvgIpc) is 2.76. The first-order chi connectivity index (χ1) is 15.2.